The van der Waals surface area contributed by atoms with Gasteiger partial charge in [0.25, 0.3) is 0 Å². The molecule has 0 atom stereocenters. The second-order valence-electron chi connectivity index (χ2n) is 0.816. The van der Waals surface area contributed by atoms with Gasteiger partial charge in [0.2, 0.25) is 0 Å². The van der Waals surface area contributed by atoms with Crippen LogP contribution in [0.4, 0.5) is 0 Å². The molecule has 0 saturated heterocycles. The molecular weight excluding hydrogens is 320 g/mol. The van der Waals surface area contributed by atoms with E-state index in [2.05, 4.69) is 0 Å². The molecule has 0 aliphatic heterocycles. The van der Waals surface area contributed by atoms with Crippen molar-refractivity contribution in [2.75, 3.05) is 0 Å². The van der Waals surface area contributed by atoms with Crippen LogP contribution in [-0.4, -0.2) is 118 Å². The van der Waals surface area contributed by atoms with E-state index in [1.54, 1.807) is 0 Å². The zero-order valence-corrected chi connectivity index (χ0v) is 12.8. The van der Waals surface area contributed by atoms with Gasteiger partial charge >= 0.3 is 83.2 Å². The van der Waals surface area contributed by atoms with Crippen molar-refractivity contribution >= 4 is 104 Å². The maximum atomic E-state index is 8.52. The standard InChI is InChI=1S/Ca.2H2O4S.Sr/c;2*1-5(2,3)4;/h;2*(H2,1,2,3,4);/q+2;;;+2/p-4. The van der Waals surface area contributed by atoms with Gasteiger partial charge in [0.15, 0.2) is 0 Å². The molecule has 0 spiro atoms. The number of hydrogen-bond acceptors (Lipinski definition) is 8. The van der Waals surface area contributed by atoms with Gasteiger partial charge in [-0.1, -0.05) is 0 Å². The van der Waals surface area contributed by atoms with Crippen LogP contribution < -0.4 is 0 Å². The van der Waals surface area contributed by atoms with Crippen molar-refractivity contribution in [1.82, 2.24) is 0 Å². The predicted molar refractivity (Wildman–Crippen MR) is 32.5 cm³/mol. The molecule has 0 aromatic rings. The van der Waals surface area contributed by atoms with Gasteiger partial charge in [-0.25, -0.2) is 0 Å². The Balaban J connectivity index is -0.0000000457. The van der Waals surface area contributed by atoms with Crippen molar-refractivity contribution in [3.05, 3.63) is 0 Å². The molecule has 0 unspecified atom stereocenters. The van der Waals surface area contributed by atoms with Gasteiger partial charge in [-0.2, -0.15) is 0 Å². The Morgan fingerprint density at radius 2 is 0.667 bits per heavy atom. The first-order valence-electron chi connectivity index (χ1n) is 1.33. The molecule has 0 aromatic carbocycles. The third-order valence-electron chi connectivity index (χ3n) is 0. The molecule has 0 saturated carbocycles. The summed E-state index contributed by atoms with van der Waals surface area (Å²) in [7, 11) is -10.3. The molecule has 12 heteroatoms. The van der Waals surface area contributed by atoms with Crippen LogP contribution in [0.5, 0.6) is 0 Å². The summed E-state index contributed by atoms with van der Waals surface area (Å²) in [6.45, 7) is 0. The van der Waals surface area contributed by atoms with Gasteiger partial charge in [0.05, 0.1) is 0 Å². The summed E-state index contributed by atoms with van der Waals surface area (Å²) in [6.07, 6.45) is 0. The SMILES string of the molecule is O=S(=O)([O-])[O-].O=S(=O)([O-])[O-].[Ca+2].[Sr+2]. The fraction of sp³-hybridized carbons (Fsp3) is 0. The second kappa shape index (κ2) is 10.0. The number of rotatable bonds is 0. The Morgan fingerprint density at radius 1 is 0.667 bits per heavy atom. The van der Waals surface area contributed by atoms with E-state index in [0.717, 1.165) is 0 Å². The molecule has 0 aliphatic rings. The Labute approximate surface area is 136 Å². The fourth-order valence-electron chi connectivity index (χ4n) is 0. The molecule has 0 heterocycles. The molecule has 0 aromatic heterocycles. The van der Waals surface area contributed by atoms with Crippen LogP contribution >= 0.6 is 0 Å². The minimum absolute atomic E-state index is 0. The van der Waals surface area contributed by atoms with Crippen LogP contribution in [0.15, 0.2) is 0 Å². The van der Waals surface area contributed by atoms with E-state index in [4.69, 9.17) is 35.0 Å². The largest absolute Gasteiger partial charge is 2.00 e. The summed E-state index contributed by atoms with van der Waals surface area (Å²) in [4.78, 5) is 0. The molecule has 12 heavy (non-hydrogen) atoms. The fourth-order valence-corrected chi connectivity index (χ4v) is 0. The van der Waals surface area contributed by atoms with Gasteiger partial charge in [-0.15, -0.1) is 0 Å². The van der Waals surface area contributed by atoms with Crippen LogP contribution in [-0.2, 0) is 20.8 Å². The molecule has 0 rings (SSSR count). The van der Waals surface area contributed by atoms with E-state index >= 15 is 0 Å². The first kappa shape index (κ1) is 24.0. The van der Waals surface area contributed by atoms with Gasteiger partial charge in [-0.05, 0) is 0 Å². The maximum Gasteiger partial charge on any atom is 2.00 e. The van der Waals surface area contributed by atoms with Crippen molar-refractivity contribution < 1.29 is 35.0 Å². The van der Waals surface area contributed by atoms with E-state index in [-0.39, 0.29) is 83.2 Å². The van der Waals surface area contributed by atoms with Crippen LogP contribution in [0, 0.1) is 0 Å². The molecular formula is CaO8S2Sr. The Kier molecular flexibility index (Phi) is 20.0. The molecule has 0 fully saturated rings. The van der Waals surface area contributed by atoms with E-state index in [9.17, 15) is 0 Å². The third-order valence-corrected chi connectivity index (χ3v) is 0. The summed E-state index contributed by atoms with van der Waals surface area (Å²) in [5.41, 5.74) is 0. The van der Waals surface area contributed by atoms with Crippen molar-refractivity contribution in [2.45, 2.75) is 0 Å². The molecule has 0 radical (unpaired) electrons. The zero-order chi connectivity index (χ0) is 9.00. The first-order chi connectivity index (χ1) is 4.00. The molecule has 0 N–H and O–H groups in total. The van der Waals surface area contributed by atoms with E-state index in [1.165, 1.54) is 0 Å². The molecule has 0 bridgehead atoms. The minimum Gasteiger partial charge on any atom is -0.759 e. The maximum absolute atomic E-state index is 8.52. The van der Waals surface area contributed by atoms with E-state index < -0.39 is 20.8 Å². The quantitative estimate of drug-likeness (QED) is 0.253. The molecule has 0 amide bonds. The average Bonchev–Trinajstić information content (AvgIpc) is 1.12. The van der Waals surface area contributed by atoms with Crippen LogP contribution in [0.25, 0.3) is 0 Å². The summed E-state index contributed by atoms with van der Waals surface area (Å²) >= 11 is 0. The Hall–Kier alpha value is 2.48. The Morgan fingerprint density at radius 3 is 0.667 bits per heavy atom. The zero-order valence-electron chi connectivity index (χ0n) is 5.50. The van der Waals surface area contributed by atoms with Crippen molar-refractivity contribution in [2.24, 2.45) is 0 Å². The van der Waals surface area contributed by atoms with E-state index in [0.29, 0.717) is 0 Å². The average molecular weight is 320 g/mol. The van der Waals surface area contributed by atoms with Crippen molar-refractivity contribution in [3.8, 4) is 0 Å². The van der Waals surface area contributed by atoms with Gasteiger partial charge in [0, 0.05) is 20.8 Å². The monoisotopic (exact) mass is 320 g/mol. The van der Waals surface area contributed by atoms with Crippen molar-refractivity contribution in [1.29, 1.82) is 0 Å². The summed E-state index contributed by atoms with van der Waals surface area (Å²) in [5, 5.41) is 0. The molecule has 0 aliphatic carbocycles. The smallest absolute Gasteiger partial charge is 0.759 e. The topological polar surface area (TPSA) is 161 Å². The number of hydrogen-bond donors (Lipinski definition) is 0. The third kappa shape index (κ3) is 267. The molecule has 8 nitrogen and oxygen atoms in total. The van der Waals surface area contributed by atoms with Crippen LogP contribution in [0.2, 0.25) is 0 Å². The second-order valence-corrected chi connectivity index (χ2v) is 2.45. The first-order valence-corrected chi connectivity index (χ1v) is 4.00. The summed E-state index contributed by atoms with van der Waals surface area (Å²) in [5.74, 6) is 0. The molecule has 64 valence electrons. The predicted octanol–water partition coefficient (Wildman–Crippen LogP) is -3.44. The van der Waals surface area contributed by atoms with Crippen LogP contribution in [0.1, 0.15) is 0 Å². The van der Waals surface area contributed by atoms with E-state index in [1.807, 2.05) is 0 Å². The van der Waals surface area contributed by atoms with Gasteiger partial charge in [-0.3, -0.25) is 16.8 Å². The van der Waals surface area contributed by atoms with Crippen LogP contribution in [0.3, 0.4) is 0 Å². The summed E-state index contributed by atoms with van der Waals surface area (Å²) < 4.78 is 68.2. The van der Waals surface area contributed by atoms with Gasteiger partial charge in [0.1, 0.15) is 0 Å². The van der Waals surface area contributed by atoms with Gasteiger partial charge < -0.3 is 18.2 Å². The Bertz CT molecular complexity index is 213. The summed E-state index contributed by atoms with van der Waals surface area (Å²) in [6, 6.07) is 0. The van der Waals surface area contributed by atoms with Crippen molar-refractivity contribution in [3.63, 3.8) is 0 Å². The normalized spacial score (nSPS) is 9.67. The minimum atomic E-state index is -5.17.